The predicted octanol–water partition coefficient (Wildman–Crippen LogP) is 4.00. The van der Waals surface area contributed by atoms with Gasteiger partial charge in [0.1, 0.15) is 0 Å². The van der Waals surface area contributed by atoms with Crippen LogP contribution in [0.1, 0.15) is 24.5 Å². The lowest BCUT2D eigenvalue weighted by molar-refractivity contribution is -0.127. The highest BCUT2D eigenvalue weighted by Gasteiger charge is 2.29. The molecule has 0 bridgehead atoms. The number of rotatable bonds is 8. The van der Waals surface area contributed by atoms with Gasteiger partial charge in [-0.3, -0.25) is 9.78 Å². The number of aliphatic imine (C=N–C) groups is 1. The Hall–Kier alpha value is -2.68. The zero-order valence-electron chi connectivity index (χ0n) is 19.0. The maximum Gasteiger partial charge on any atom is 0.223 e. The fraction of sp³-hybridized carbons (Fsp3) is 0.346. The number of nitrogens with zero attached hydrogens (tertiary/aromatic N) is 3. The molecule has 3 aromatic rings. The Morgan fingerprint density at radius 2 is 1.88 bits per heavy atom. The minimum absolute atomic E-state index is 0. The molecule has 0 aliphatic carbocycles. The van der Waals surface area contributed by atoms with Crippen LogP contribution in [0.5, 0.6) is 0 Å². The summed E-state index contributed by atoms with van der Waals surface area (Å²) in [6, 6.07) is 20.5. The van der Waals surface area contributed by atoms with Crippen molar-refractivity contribution in [3.8, 4) is 0 Å². The molecule has 0 spiro atoms. The topological polar surface area (TPSA) is 69.6 Å². The van der Waals surface area contributed by atoms with Gasteiger partial charge in [-0.25, -0.2) is 4.99 Å². The van der Waals surface area contributed by atoms with Crippen LogP contribution in [0.2, 0.25) is 0 Å². The first-order valence-corrected chi connectivity index (χ1v) is 11.4. The van der Waals surface area contributed by atoms with Gasteiger partial charge in [-0.2, -0.15) is 0 Å². The molecular weight excluding hydrogens is 525 g/mol. The van der Waals surface area contributed by atoms with Gasteiger partial charge in [0.15, 0.2) is 5.96 Å². The van der Waals surface area contributed by atoms with Gasteiger partial charge in [-0.15, -0.1) is 24.0 Å². The summed E-state index contributed by atoms with van der Waals surface area (Å²) in [5.74, 6) is 1.32. The fourth-order valence-electron chi connectivity index (χ4n) is 4.16. The smallest absolute Gasteiger partial charge is 0.223 e. The zero-order valence-corrected chi connectivity index (χ0v) is 21.4. The highest BCUT2D eigenvalue weighted by Crippen LogP contribution is 2.18. The van der Waals surface area contributed by atoms with Crippen LogP contribution in [0, 0.1) is 5.92 Å². The molecule has 1 unspecified atom stereocenters. The Kier molecular flexibility index (Phi) is 9.47. The molecule has 0 saturated carbocycles. The summed E-state index contributed by atoms with van der Waals surface area (Å²) in [6.45, 7) is 5.73. The van der Waals surface area contributed by atoms with E-state index in [-0.39, 0.29) is 29.9 Å². The van der Waals surface area contributed by atoms with E-state index in [1.807, 2.05) is 53.6 Å². The molecule has 1 atom stereocenters. The second kappa shape index (κ2) is 12.5. The number of aromatic nitrogens is 1. The van der Waals surface area contributed by atoms with Crippen molar-refractivity contribution in [2.45, 2.75) is 26.3 Å². The number of likely N-dealkylation sites (tertiary alicyclic amines) is 1. The monoisotopic (exact) mass is 557 g/mol. The molecule has 1 aliphatic rings. The van der Waals surface area contributed by atoms with E-state index < -0.39 is 0 Å². The van der Waals surface area contributed by atoms with Gasteiger partial charge >= 0.3 is 0 Å². The van der Waals surface area contributed by atoms with Crippen LogP contribution in [-0.2, 0) is 17.8 Å². The number of benzene rings is 2. The summed E-state index contributed by atoms with van der Waals surface area (Å²) >= 11 is 0. The number of hydrogen-bond acceptors (Lipinski definition) is 3. The first kappa shape index (κ1) is 25.0. The predicted molar refractivity (Wildman–Crippen MR) is 145 cm³/mol. The summed E-state index contributed by atoms with van der Waals surface area (Å²) < 4.78 is 0. The average molecular weight is 557 g/mol. The highest BCUT2D eigenvalue weighted by molar-refractivity contribution is 14.0. The second-order valence-corrected chi connectivity index (χ2v) is 8.21. The molecule has 2 heterocycles. The first-order valence-electron chi connectivity index (χ1n) is 11.4. The van der Waals surface area contributed by atoms with Crippen molar-refractivity contribution in [3.05, 3.63) is 78.0 Å². The normalized spacial score (nSPS) is 16.0. The van der Waals surface area contributed by atoms with Crippen LogP contribution in [0.4, 0.5) is 0 Å². The lowest BCUT2D eigenvalue weighted by Gasteiger charge is -2.18. The van der Waals surface area contributed by atoms with E-state index in [2.05, 4.69) is 40.7 Å². The van der Waals surface area contributed by atoms with E-state index in [9.17, 15) is 4.79 Å². The molecule has 1 fully saturated rings. The van der Waals surface area contributed by atoms with Crippen molar-refractivity contribution in [1.29, 1.82) is 0 Å². The van der Waals surface area contributed by atoms with Crippen molar-refractivity contribution in [3.63, 3.8) is 0 Å². The van der Waals surface area contributed by atoms with E-state index in [0.717, 1.165) is 55.0 Å². The standard InChI is InChI=1S/C26H31N5O.HI/c1-2-27-26(30-18-22-12-14-28-24-11-7-6-10-23(22)24)29-17-21-16-25(32)31(19-21)15-13-20-8-4-3-5-9-20;/h3-12,14,21H,2,13,15-19H2,1H3,(H2,27,29,30);1H. The zero-order chi connectivity index (χ0) is 22.2. The van der Waals surface area contributed by atoms with Gasteiger partial charge < -0.3 is 15.5 Å². The van der Waals surface area contributed by atoms with Gasteiger partial charge in [0.2, 0.25) is 5.91 Å². The Bertz CT molecular complexity index is 1070. The van der Waals surface area contributed by atoms with Gasteiger partial charge in [0, 0.05) is 50.1 Å². The summed E-state index contributed by atoms with van der Waals surface area (Å²) in [7, 11) is 0. The van der Waals surface area contributed by atoms with Crippen LogP contribution >= 0.6 is 24.0 Å². The molecule has 1 saturated heterocycles. The van der Waals surface area contributed by atoms with Crippen molar-refractivity contribution < 1.29 is 4.79 Å². The number of carbonyl (C=O) groups is 1. The van der Waals surface area contributed by atoms with Crippen molar-refractivity contribution >= 4 is 46.7 Å². The summed E-state index contributed by atoms with van der Waals surface area (Å²) in [5, 5.41) is 7.89. The second-order valence-electron chi connectivity index (χ2n) is 8.21. The molecule has 1 amide bonds. The lowest BCUT2D eigenvalue weighted by atomic mass is 10.1. The van der Waals surface area contributed by atoms with Gasteiger partial charge in [-0.05, 0) is 36.6 Å². The molecule has 1 aromatic heterocycles. The molecule has 174 valence electrons. The summed E-state index contributed by atoms with van der Waals surface area (Å²) in [5.41, 5.74) is 3.40. The number of fused-ring (bicyclic) bond motifs is 1. The molecule has 33 heavy (non-hydrogen) atoms. The minimum atomic E-state index is 0. The quantitative estimate of drug-likeness (QED) is 0.250. The number of guanidine groups is 1. The third-order valence-corrected chi connectivity index (χ3v) is 5.86. The molecule has 7 heteroatoms. The van der Waals surface area contributed by atoms with Crippen LogP contribution in [0.15, 0.2) is 71.9 Å². The molecule has 4 rings (SSSR count). The van der Waals surface area contributed by atoms with E-state index in [0.29, 0.717) is 18.9 Å². The van der Waals surface area contributed by atoms with E-state index in [1.165, 1.54) is 5.56 Å². The van der Waals surface area contributed by atoms with Crippen LogP contribution < -0.4 is 10.6 Å². The van der Waals surface area contributed by atoms with E-state index in [1.54, 1.807) is 0 Å². The maximum absolute atomic E-state index is 12.5. The SMILES string of the molecule is CCNC(=NCc1ccnc2ccccc12)NCC1CC(=O)N(CCc2ccccc2)C1.I. The van der Waals surface area contributed by atoms with Crippen molar-refractivity contribution in [2.75, 3.05) is 26.2 Å². The van der Waals surface area contributed by atoms with Crippen LogP contribution in [0.25, 0.3) is 10.9 Å². The Morgan fingerprint density at radius 3 is 2.70 bits per heavy atom. The van der Waals surface area contributed by atoms with Gasteiger partial charge in [0.25, 0.3) is 0 Å². The minimum Gasteiger partial charge on any atom is -0.357 e. The number of para-hydroxylation sites is 1. The average Bonchev–Trinajstić information content (AvgIpc) is 3.19. The summed E-state index contributed by atoms with van der Waals surface area (Å²) in [4.78, 5) is 23.7. The van der Waals surface area contributed by atoms with Crippen molar-refractivity contribution in [1.82, 2.24) is 20.5 Å². The van der Waals surface area contributed by atoms with Gasteiger partial charge in [-0.1, -0.05) is 48.5 Å². The molecule has 0 radical (unpaired) electrons. The summed E-state index contributed by atoms with van der Waals surface area (Å²) in [6.07, 6.45) is 3.33. The van der Waals surface area contributed by atoms with E-state index in [4.69, 9.17) is 4.99 Å². The number of pyridine rings is 1. The number of nitrogens with one attached hydrogen (secondary N) is 2. The largest absolute Gasteiger partial charge is 0.357 e. The Balaban J connectivity index is 0.00000306. The van der Waals surface area contributed by atoms with Gasteiger partial charge in [0.05, 0.1) is 12.1 Å². The number of carbonyl (C=O) groups excluding carboxylic acids is 1. The molecule has 6 nitrogen and oxygen atoms in total. The first-order chi connectivity index (χ1) is 15.7. The fourth-order valence-corrected chi connectivity index (χ4v) is 4.16. The maximum atomic E-state index is 12.5. The van der Waals surface area contributed by atoms with Crippen LogP contribution in [-0.4, -0.2) is 47.9 Å². The third-order valence-electron chi connectivity index (χ3n) is 5.86. The molecular formula is C26H32IN5O. The van der Waals surface area contributed by atoms with Crippen molar-refractivity contribution in [2.24, 2.45) is 10.9 Å². The third kappa shape index (κ3) is 6.90. The number of hydrogen-bond donors (Lipinski definition) is 2. The molecule has 2 aromatic carbocycles. The molecule has 2 N–H and O–H groups in total. The number of halogens is 1. The molecule has 1 aliphatic heterocycles. The van der Waals surface area contributed by atoms with E-state index >= 15 is 0 Å². The lowest BCUT2D eigenvalue weighted by Crippen LogP contribution is -2.40. The Labute approximate surface area is 212 Å². The Morgan fingerprint density at radius 1 is 1.09 bits per heavy atom. The number of amides is 1. The van der Waals surface area contributed by atoms with Crippen LogP contribution in [0.3, 0.4) is 0 Å². The highest BCUT2D eigenvalue weighted by atomic mass is 127.